The molecule has 0 aromatic carbocycles. The van der Waals surface area contributed by atoms with E-state index in [9.17, 15) is 67.1 Å². The first kappa shape index (κ1) is 92.1. The molecule has 0 bridgehead atoms. The molecule has 35 nitrogen and oxygen atoms in total. The normalized spacial score (nSPS) is 13.9. The summed E-state index contributed by atoms with van der Waals surface area (Å²) in [6.45, 7) is 24.7. The second-order valence-corrected chi connectivity index (χ2v) is 26.7. The summed E-state index contributed by atoms with van der Waals surface area (Å²) in [6.07, 6.45) is 0.0161. The lowest BCUT2D eigenvalue weighted by Gasteiger charge is -2.31. The van der Waals surface area contributed by atoms with Gasteiger partial charge in [0, 0.05) is 20.0 Å². The summed E-state index contributed by atoms with van der Waals surface area (Å²) >= 11 is 0. The number of carboxylic acids is 1. The Morgan fingerprint density at radius 3 is 1.35 bits per heavy atom. The molecule has 100 heavy (non-hydrogen) atoms. The van der Waals surface area contributed by atoms with Gasteiger partial charge in [0.2, 0.25) is 65.0 Å². The largest absolute Gasteiger partial charge is 0.481 e. The molecule has 0 aromatic heterocycles. The summed E-state index contributed by atoms with van der Waals surface area (Å²) in [6, 6.07) is -11.2. The summed E-state index contributed by atoms with van der Waals surface area (Å²) in [4.78, 5) is 185. The van der Waals surface area contributed by atoms with E-state index in [1.54, 1.807) is 55.4 Å². The number of carbonyl (C=O) groups is 14. The molecule has 574 valence electrons. The molecule has 0 radical (unpaired) electrons. The van der Waals surface area contributed by atoms with Gasteiger partial charge in [-0.2, -0.15) is 0 Å². The fourth-order valence-corrected chi connectivity index (χ4v) is 9.17. The van der Waals surface area contributed by atoms with Crippen LogP contribution in [0.4, 0.5) is 4.79 Å². The third-order valence-electron chi connectivity index (χ3n) is 14.2. The number of carboxylic acid groups (broad SMARTS) is 1. The van der Waals surface area contributed by atoms with E-state index in [1.807, 2.05) is 13.8 Å². The van der Waals surface area contributed by atoms with Crippen molar-refractivity contribution >= 4 is 82.9 Å². The number of nitrogens with one attached hydrogen (secondary N) is 12. The molecule has 0 aliphatic heterocycles. The first-order valence-electron chi connectivity index (χ1n) is 34.1. The Kier molecular flexibility index (Phi) is 46.5. The van der Waals surface area contributed by atoms with E-state index in [1.165, 1.54) is 27.7 Å². The molecule has 0 fully saturated rings. The molecule has 0 saturated heterocycles. The number of carbonyl (C=O) groups excluding carboxylic acids is 13. The topological polar surface area (TPSA) is 511 Å². The van der Waals surface area contributed by atoms with Gasteiger partial charge < -0.3 is 109 Å². The highest BCUT2D eigenvalue weighted by Crippen LogP contribution is 2.15. The van der Waals surface area contributed by atoms with Gasteiger partial charge in [-0.05, 0) is 117 Å². The summed E-state index contributed by atoms with van der Waals surface area (Å²) < 4.78 is 32.4. The highest BCUT2D eigenvalue weighted by atomic mass is 16.6. The van der Waals surface area contributed by atoms with Crippen LogP contribution in [0.2, 0.25) is 0 Å². The van der Waals surface area contributed by atoms with Crippen LogP contribution in [0.1, 0.15) is 161 Å². The number of aliphatic carboxylic acids is 1. The monoisotopic (exact) mass is 1430 g/mol. The second-order valence-electron chi connectivity index (χ2n) is 26.7. The van der Waals surface area contributed by atoms with Gasteiger partial charge in [0.05, 0.1) is 85.5 Å². The van der Waals surface area contributed by atoms with Crippen molar-refractivity contribution < 1.29 is 101 Å². The number of nitrogens with two attached hydrogens (primary N) is 2. The van der Waals surface area contributed by atoms with Crippen LogP contribution in [-0.4, -0.2) is 240 Å². The molecule has 0 heterocycles. The molecule has 0 unspecified atom stereocenters. The zero-order valence-corrected chi connectivity index (χ0v) is 61.1. The Bertz CT molecular complexity index is 2590. The number of hydrogen-bond donors (Lipinski definition) is 15. The van der Waals surface area contributed by atoms with Crippen LogP contribution in [0.5, 0.6) is 0 Å². The first-order valence-corrected chi connectivity index (χ1v) is 34.1. The number of primary amides is 1. The van der Waals surface area contributed by atoms with Crippen molar-refractivity contribution in [3.8, 4) is 0 Å². The van der Waals surface area contributed by atoms with Crippen molar-refractivity contribution in [3.05, 3.63) is 0 Å². The fraction of sp³-hybridized carbons (Fsp3) is 0.785. The molecule has 0 aromatic rings. The molecule has 0 aliphatic rings. The Morgan fingerprint density at radius 2 is 0.880 bits per heavy atom. The highest BCUT2D eigenvalue weighted by Gasteiger charge is 2.38. The maximum Gasteiger partial charge on any atom is 0.312 e. The summed E-state index contributed by atoms with van der Waals surface area (Å²) in [5, 5.41) is 39.5. The van der Waals surface area contributed by atoms with Gasteiger partial charge in [-0.25, -0.2) is 4.79 Å². The first-order chi connectivity index (χ1) is 46.8. The third-order valence-corrected chi connectivity index (χ3v) is 14.2. The van der Waals surface area contributed by atoms with Gasteiger partial charge in [-0.15, -0.1) is 0 Å². The van der Waals surface area contributed by atoms with E-state index in [2.05, 4.69) is 63.8 Å². The smallest absolute Gasteiger partial charge is 0.312 e. The standard InChI is InChI=1S/C65H118N14O21/c1-15-44(74-54(85)42(8)71-58(89)48(35-40(4)5)77-60(91)50(37-53(84)100-64(10,11)12)73-51(81)38-70-55(86)45(18-16-21-66)72-43(9)80)57(88)76-49(36-41(6)7)59(90)75-46(19-17-22-69-63(67)94)61(92)79-65(13,14)62(93)78-47(34-39(2)3)56(87)68-23-25-96-27-29-98-31-33-99-32-30-97-28-26-95-24-20-52(82)83/h39-42,44-50H,15-38,66H2,1-14H3,(H,68,87)(H,70,86)(H,71,89)(H,72,80)(H,73,81)(H,74,85)(H,75,90)(H,76,88)(H,77,91)(H,78,93)(H,79,92)(H,82,83)(H3,67,69,94)/t42-,44-,45-,46-,47-,48-,49-,50-/m0/s1. The molecular formula is C65H118N14O21. The van der Waals surface area contributed by atoms with Gasteiger partial charge in [0.1, 0.15) is 59.5 Å². The highest BCUT2D eigenvalue weighted by molar-refractivity contribution is 5.99. The fourth-order valence-electron chi connectivity index (χ4n) is 9.17. The lowest BCUT2D eigenvalue weighted by atomic mass is 9.98. The zero-order chi connectivity index (χ0) is 76.1. The lowest BCUT2D eigenvalue weighted by molar-refractivity contribution is -0.156. The minimum absolute atomic E-state index is 0.00267. The third kappa shape index (κ3) is 44.3. The van der Waals surface area contributed by atoms with E-state index < -0.39 is 155 Å². The quantitative estimate of drug-likeness (QED) is 0.0233. The zero-order valence-electron chi connectivity index (χ0n) is 61.1. The van der Waals surface area contributed by atoms with Crippen molar-refractivity contribution in [1.82, 2.24) is 63.8 Å². The van der Waals surface area contributed by atoms with Crippen molar-refractivity contribution in [2.75, 3.05) is 92.2 Å². The maximum absolute atomic E-state index is 14.3. The van der Waals surface area contributed by atoms with Gasteiger partial charge in [-0.1, -0.05) is 48.5 Å². The molecule has 13 amide bonds. The molecule has 8 atom stereocenters. The van der Waals surface area contributed by atoms with E-state index in [-0.39, 0.29) is 122 Å². The predicted octanol–water partition coefficient (Wildman–Crippen LogP) is -1.94. The van der Waals surface area contributed by atoms with Gasteiger partial charge >= 0.3 is 18.0 Å². The number of rotatable bonds is 54. The van der Waals surface area contributed by atoms with Crippen LogP contribution in [0.25, 0.3) is 0 Å². The van der Waals surface area contributed by atoms with Crippen LogP contribution in [0.3, 0.4) is 0 Å². The minimum atomic E-state index is -1.69. The van der Waals surface area contributed by atoms with Crippen LogP contribution >= 0.6 is 0 Å². The van der Waals surface area contributed by atoms with E-state index in [0.29, 0.717) is 39.5 Å². The minimum Gasteiger partial charge on any atom is -0.481 e. The number of urea groups is 1. The van der Waals surface area contributed by atoms with Crippen molar-refractivity contribution in [2.45, 2.75) is 221 Å². The van der Waals surface area contributed by atoms with Crippen molar-refractivity contribution in [1.29, 1.82) is 0 Å². The van der Waals surface area contributed by atoms with Gasteiger partial charge in [0.25, 0.3) is 0 Å². The Labute approximate surface area is 587 Å². The molecule has 0 saturated carbocycles. The number of esters is 1. The number of ether oxygens (including phenoxy) is 6. The number of hydrogen-bond acceptors (Lipinski definition) is 21. The Balaban J connectivity index is 6.10. The summed E-state index contributed by atoms with van der Waals surface area (Å²) in [5.41, 5.74) is 8.16. The average Bonchev–Trinajstić information content (AvgIpc) is 0.848. The van der Waals surface area contributed by atoms with Crippen LogP contribution in [0.15, 0.2) is 0 Å². The lowest BCUT2D eigenvalue weighted by Crippen LogP contribution is -2.63. The summed E-state index contributed by atoms with van der Waals surface area (Å²) in [5.74, 6) is -10.9. The van der Waals surface area contributed by atoms with Crippen molar-refractivity contribution in [2.24, 2.45) is 29.2 Å². The molecule has 35 heteroatoms. The Hall–Kier alpha value is -7.86. The van der Waals surface area contributed by atoms with E-state index in [4.69, 9.17) is 45.0 Å². The van der Waals surface area contributed by atoms with Crippen LogP contribution in [0, 0.1) is 17.8 Å². The molecular weight excluding hydrogens is 1310 g/mol. The van der Waals surface area contributed by atoms with E-state index in [0.717, 1.165) is 0 Å². The van der Waals surface area contributed by atoms with Crippen molar-refractivity contribution in [3.63, 3.8) is 0 Å². The number of amides is 13. The SMILES string of the molecule is CC[C@H](NC(=O)[C@H](C)NC(=O)[C@H](CC(C)C)NC(=O)[C@H](CC(=O)OC(C)(C)C)NC(=O)CNC(=O)[C@H](CCCN)NC(C)=O)C(=O)N[C@@H](CC(C)C)C(=O)N[C@@H](CCCNC(N)=O)C(=O)NC(C)(C)C(=O)N[C@@H](CC(C)C)C(=O)NCCOCCOCCOCCOCCOCCC(=O)O. The van der Waals surface area contributed by atoms with Crippen LogP contribution in [-0.2, 0) is 90.8 Å². The summed E-state index contributed by atoms with van der Waals surface area (Å²) in [7, 11) is 0. The molecule has 0 rings (SSSR count). The second kappa shape index (κ2) is 50.5. The average molecular weight is 1430 g/mol. The van der Waals surface area contributed by atoms with E-state index >= 15 is 0 Å². The van der Waals surface area contributed by atoms with Gasteiger partial charge in [-0.3, -0.25) is 62.3 Å². The molecule has 0 spiro atoms. The molecule has 0 aliphatic carbocycles. The van der Waals surface area contributed by atoms with Gasteiger partial charge in [0.15, 0.2) is 0 Å². The van der Waals surface area contributed by atoms with Crippen LogP contribution < -0.4 is 75.3 Å². The maximum atomic E-state index is 14.3. The Morgan fingerprint density at radius 1 is 0.450 bits per heavy atom. The predicted molar refractivity (Wildman–Crippen MR) is 366 cm³/mol. The molecule has 17 N–H and O–H groups in total.